The number of piperazine rings is 1. The van der Waals surface area contributed by atoms with E-state index in [0.29, 0.717) is 22.8 Å². The lowest BCUT2D eigenvalue weighted by atomic mass is 10.1. The van der Waals surface area contributed by atoms with Crippen LogP contribution in [0.1, 0.15) is 31.1 Å². The van der Waals surface area contributed by atoms with Crippen LogP contribution >= 0.6 is 24.0 Å². The van der Waals surface area contributed by atoms with Gasteiger partial charge in [0.25, 0.3) is 5.91 Å². The molecule has 2 amide bonds. The lowest BCUT2D eigenvalue weighted by molar-refractivity contribution is -0.118. The topological polar surface area (TPSA) is 61.4 Å². The van der Waals surface area contributed by atoms with Gasteiger partial charge in [-0.25, -0.2) is 0 Å². The van der Waals surface area contributed by atoms with Crippen molar-refractivity contribution in [3.8, 4) is 0 Å². The van der Waals surface area contributed by atoms with E-state index in [1.807, 2.05) is 25.7 Å². The molecule has 0 saturated carbocycles. The Morgan fingerprint density at radius 2 is 2.09 bits per heavy atom. The molecule has 1 aliphatic rings. The minimum Gasteiger partial charge on any atom is -0.333 e. The van der Waals surface area contributed by atoms with Crippen molar-refractivity contribution in [1.82, 2.24) is 10.2 Å². The van der Waals surface area contributed by atoms with Crippen molar-refractivity contribution in [2.75, 3.05) is 25.0 Å². The maximum absolute atomic E-state index is 12.7. The molecule has 1 aromatic rings. The average Bonchev–Trinajstić information content (AvgIpc) is 2.49. The summed E-state index contributed by atoms with van der Waals surface area (Å²) >= 11 is 6.18. The fourth-order valence-corrected chi connectivity index (χ4v) is 2.55. The predicted molar refractivity (Wildman–Crippen MR) is 95.5 cm³/mol. The smallest absolute Gasteiger partial charge is 0.255 e. The van der Waals surface area contributed by atoms with Crippen LogP contribution in [0.4, 0.5) is 5.69 Å². The molecule has 1 aliphatic heterocycles. The molecule has 23 heavy (non-hydrogen) atoms. The number of carbonyl (C=O) groups is 2. The molecule has 0 aromatic heterocycles. The van der Waals surface area contributed by atoms with Gasteiger partial charge in [0.1, 0.15) is 0 Å². The normalized spacial score (nSPS) is 17.6. The fraction of sp³-hybridized carbons (Fsp3) is 0.500. The van der Waals surface area contributed by atoms with Crippen molar-refractivity contribution >= 4 is 41.5 Å². The Morgan fingerprint density at radius 1 is 1.39 bits per heavy atom. The third-order valence-electron chi connectivity index (χ3n) is 3.75. The van der Waals surface area contributed by atoms with Crippen LogP contribution in [0.25, 0.3) is 0 Å². The largest absolute Gasteiger partial charge is 0.333 e. The molecule has 2 rings (SSSR count). The summed E-state index contributed by atoms with van der Waals surface area (Å²) in [5.41, 5.74) is 1.02. The quantitative estimate of drug-likeness (QED) is 0.872. The zero-order valence-corrected chi connectivity index (χ0v) is 15.1. The highest BCUT2D eigenvalue weighted by atomic mass is 35.5. The predicted octanol–water partition coefficient (Wildman–Crippen LogP) is 2.79. The monoisotopic (exact) mass is 359 g/mol. The number of carbonyl (C=O) groups excluding carboxylic acids is 2. The number of hydrogen-bond acceptors (Lipinski definition) is 3. The molecule has 1 atom stereocenters. The van der Waals surface area contributed by atoms with Crippen molar-refractivity contribution in [3.05, 3.63) is 28.8 Å². The van der Waals surface area contributed by atoms with Gasteiger partial charge in [-0.15, -0.1) is 12.4 Å². The highest BCUT2D eigenvalue weighted by Crippen LogP contribution is 2.23. The second-order valence-corrected chi connectivity index (χ2v) is 6.30. The van der Waals surface area contributed by atoms with E-state index < -0.39 is 0 Å². The summed E-state index contributed by atoms with van der Waals surface area (Å²) in [6.07, 6.45) is 0. The minimum absolute atomic E-state index is 0. The number of rotatable bonds is 3. The van der Waals surface area contributed by atoms with Crippen LogP contribution in [0.15, 0.2) is 18.2 Å². The molecule has 1 fully saturated rings. The molecular weight excluding hydrogens is 337 g/mol. The van der Waals surface area contributed by atoms with E-state index in [1.165, 1.54) is 0 Å². The SMILES string of the molecule is CC(C)C(=O)Nc1ccc(Cl)c(C(=O)N2CCNCC2C)c1.Cl. The summed E-state index contributed by atoms with van der Waals surface area (Å²) < 4.78 is 0. The van der Waals surface area contributed by atoms with Crippen LogP contribution in [0.3, 0.4) is 0 Å². The molecule has 1 aromatic carbocycles. The van der Waals surface area contributed by atoms with E-state index in [9.17, 15) is 9.59 Å². The van der Waals surface area contributed by atoms with Crippen LogP contribution in [-0.4, -0.2) is 42.4 Å². The van der Waals surface area contributed by atoms with E-state index in [0.717, 1.165) is 13.1 Å². The molecule has 2 N–H and O–H groups in total. The molecule has 0 bridgehead atoms. The summed E-state index contributed by atoms with van der Waals surface area (Å²) in [5.74, 6) is -0.307. The molecule has 1 heterocycles. The van der Waals surface area contributed by atoms with Crippen molar-refractivity contribution in [3.63, 3.8) is 0 Å². The average molecular weight is 360 g/mol. The van der Waals surface area contributed by atoms with Gasteiger partial charge in [-0.2, -0.15) is 0 Å². The molecule has 7 heteroatoms. The Balaban J connectivity index is 0.00000264. The highest BCUT2D eigenvalue weighted by molar-refractivity contribution is 6.34. The number of hydrogen-bond donors (Lipinski definition) is 2. The minimum atomic E-state index is -0.122. The van der Waals surface area contributed by atoms with E-state index in [2.05, 4.69) is 10.6 Å². The van der Waals surface area contributed by atoms with E-state index in [1.54, 1.807) is 18.2 Å². The summed E-state index contributed by atoms with van der Waals surface area (Å²) in [6, 6.07) is 5.13. The second kappa shape index (κ2) is 8.52. The summed E-state index contributed by atoms with van der Waals surface area (Å²) in [6.45, 7) is 7.84. The van der Waals surface area contributed by atoms with Gasteiger partial charge in [-0.05, 0) is 25.1 Å². The number of nitrogens with zero attached hydrogens (tertiary/aromatic N) is 1. The van der Waals surface area contributed by atoms with E-state index >= 15 is 0 Å². The first kappa shape index (κ1) is 19.7. The van der Waals surface area contributed by atoms with Gasteiger partial charge < -0.3 is 15.5 Å². The lowest BCUT2D eigenvalue weighted by Gasteiger charge is -2.34. The zero-order valence-electron chi connectivity index (χ0n) is 13.6. The number of benzene rings is 1. The first-order valence-corrected chi connectivity index (χ1v) is 7.90. The second-order valence-electron chi connectivity index (χ2n) is 5.89. The third kappa shape index (κ3) is 4.83. The standard InChI is InChI=1S/C16H22ClN3O2.ClH/c1-10(2)15(21)19-12-4-5-14(17)13(8-12)16(22)20-7-6-18-9-11(20)3;/h4-5,8,10-11,18H,6-7,9H2,1-3H3,(H,19,21);1H. The van der Waals surface area contributed by atoms with Crippen LogP contribution in [0.2, 0.25) is 5.02 Å². The Kier molecular flexibility index (Phi) is 7.32. The summed E-state index contributed by atoms with van der Waals surface area (Å²) in [7, 11) is 0. The van der Waals surface area contributed by atoms with Crippen molar-refractivity contribution in [2.24, 2.45) is 5.92 Å². The maximum Gasteiger partial charge on any atom is 0.255 e. The molecule has 5 nitrogen and oxygen atoms in total. The number of nitrogens with one attached hydrogen (secondary N) is 2. The van der Waals surface area contributed by atoms with Gasteiger partial charge in [0.05, 0.1) is 10.6 Å². The first-order valence-electron chi connectivity index (χ1n) is 7.52. The van der Waals surface area contributed by atoms with Crippen LogP contribution in [-0.2, 0) is 4.79 Å². The molecular formula is C16H23Cl2N3O2. The Labute approximate surface area is 148 Å². The van der Waals surface area contributed by atoms with E-state index in [-0.39, 0.29) is 36.2 Å². The third-order valence-corrected chi connectivity index (χ3v) is 4.08. The lowest BCUT2D eigenvalue weighted by Crippen LogP contribution is -2.52. The zero-order chi connectivity index (χ0) is 16.3. The van der Waals surface area contributed by atoms with Gasteiger partial charge in [-0.3, -0.25) is 9.59 Å². The van der Waals surface area contributed by atoms with Crippen LogP contribution in [0, 0.1) is 5.92 Å². The van der Waals surface area contributed by atoms with Crippen molar-refractivity contribution in [2.45, 2.75) is 26.8 Å². The number of anilines is 1. The van der Waals surface area contributed by atoms with Crippen LogP contribution in [0.5, 0.6) is 0 Å². The number of halogens is 2. The Hall–Kier alpha value is -1.30. The van der Waals surface area contributed by atoms with Gasteiger partial charge in [-0.1, -0.05) is 25.4 Å². The van der Waals surface area contributed by atoms with Gasteiger partial charge in [0.2, 0.25) is 5.91 Å². The Morgan fingerprint density at radius 3 is 2.70 bits per heavy atom. The Bertz CT molecular complexity index is 578. The summed E-state index contributed by atoms with van der Waals surface area (Å²) in [5, 5.41) is 6.45. The molecule has 1 saturated heterocycles. The van der Waals surface area contributed by atoms with Gasteiger partial charge >= 0.3 is 0 Å². The fourth-order valence-electron chi connectivity index (χ4n) is 2.35. The van der Waals surface area contributed by atoms with Gasteiger partial charge in [0, 0.05) is 37.3 Å². The van der Waals surface area contributed by atoms with Gasteiger partial charge in [0.15, 0.2) is 0 Å². The highest BCUT2D eigenvalue weighted by Gasteiger charge is 2.25. The first-order chi connectivity index (χ1) is 10.4. The molecule has 0 aliphatic carbocycles. The maximum atomic E-state index is 12.7. The van der Waals surface area contributed by atoms with E-state index in [4.69, 9.17) is 11.6 Å². The summed E-state index contributed by atoms with van der Waals surface area (Å²) in [4.78, 5) is 26.3. The number of amides is 2. The van der Waals surface area contributed by atoms with Crippen LogP contribution < -0.4 is 10.6 Å². The molecule has 1 unspecified atom stereocenters. The molecule has 128 valence electrons. The van der Waals surface area contributed by atoms with Crippen molar-refractivity contribution < 1.29 is 9.59 Å². The molecule has 0 radical (unpaired) electrons. The molecule has 0 spiro atoms. The van der Waals surface area contributed by atoms with Crippen molar-refractivity contribution in [1.29, 1.82) is 0 Å².